The highest BCUT2D eigenvalue weighted by Gasteiger charge is 2.60. The fourth-order valence-electron chi connectivity index (χ4n) is 16.4. The highest BCUT2D eigenvalue weighted by molar-refractivity contribution is 5.98. The van der Waals surface area contributed by atoms with E-state index in [1.54, 1.807) is 49.2 Å². The van der Waals surface area contributed by atoms with Gasteiger partial charge < -0.3 is 88.6 Å². The molecule has 0 radical (unpaired) electrons. The molecule has 12 unspecified atom stereocenters. The molecule has 0 spiro atoms. The van der Waals surface area contributed by atoms with Crippen molar-refractivity contribution in [3.8, 4) is 0 Å². The van der Waals surface area contributed by atoms with Gasteiger partial charge in [-0.2, -0.15) is 0 Å². The molecule has 0 bridgehead atoms. The van der Waals surface area contributed by atoms with Crippen LogP contribution in [0.1, 0.15) is 114 Å². The number of hydrogen-bond donors (Lipinski definition) is 9. The maximum atomic E-state index is 13.7. The molecule has 9 aliphatic rings. The first-order chi connectivity index (χ1) is 58.3. The summed E-state index contributed by atoms with van der Waals surface area (Å²) < 4.78 is 61.9. The maximum Gasteiger partial charge on any atom is 0.320 e. The molecule has 6 aromatic heterocycles. The first kappa shape index (κ1) is 81.3. The van der Waals surface area contributed by atoms with Crippen LogP contribution in [-0.2, 0) is 71.4 Å². The van der Waals surface area contributed by atoms with Crippen LogP contribution in [0, 0.1) is 17.8 Å². The second kappa shape index (κ2) is 35.6. The third-order valence-electron chi connectivity index (χ3n) is 22.0. The van der Waals surface area contributed by atoms with E-state index in [1.165, 1.54) is 38.0 Å². The van der Waals surface area contributed by atoms with E-state index in [0.717, 1.165) is 16.7 Å². The monoisotopic (exact) mass is 1650 g/mol. The Morgan fingerprint density at radius 2 is 0.742 bits per heavy atom. The topological polar surface area (TPSA) is 510 Å². The summed E-state index contributed by atoms with van der Waals surface area (Å²) in [6.07, 6.45) is -0.942. The number of likely N-dealkylation sites (tertiary alicyclic amines) is 3. The van der Waals surface area contributed by atoms with Gasteiger partial charge in [0.2, 0.25) is 5.91 Å². The van der Waals surface area contributed by atoms with E-state index in [-0.39, 0.29) is 72.8 Å². The zero-order valence-corrected chi connectivity index (χ0v) is 65.0. The summed E-state index contributed by atoms with van der Waals surface area (Å²) >= 11 is 0. The van der Waals surface area contributed by atoms with Crippen LogP contribution in [0.4, 0.5) is 31.8 Å². The number of fused-ring (bicyclic) bond motifs is 6. The summed E-state index contributed by atoms with van der Waals surface area (Å²) in [6, 6.07) is 27.0. The van der Waals surface area contributed by atoms with Crippen LogP contribution in [-0.4, -0.2) is 256 Å². The number of imidazole rings is 3. The molecular formula is C78H87N21O21. The predicted molar refractivity (Wildman–Crippen MR) is 413 cm³/mol. The fraction of sp³-hybridized carbons (Fsp3) is 0.462. The molecule has 0 aliphatic carbocycles. The highest BCUT2D eigenvalue weighted by atomic mass is 16.8. The SMILES string of the molecule is CCNC(=O)Nc1ncnc2c1ncn2C1OC(C(=O)N2CC[C@@H](CC(=O)O)C2)C2O[C@H](c3ccccc3)OC21.CCNC(=O)Nc1ncnc2c1ncn2C1OC(C(=O)N2CC[C@H](CC(=O)O)C2)C2O[C@H](c3ccccc3)OC21.CCNC(=O)Nc1ncnc2c1ncn2C1OC(CC(=O)N2CC[C@H](C(=O)O)C2)C2O[C@H](c3ccccc3)OC21. The van der Waals surface area contributed by atoms with Gasteiger partial charge >= 0.3 is 36.0 Å². The number of carboxylic acids is 3. The largest absolute Gasteiger partial charge is 0.481 e. The van der Waals surface area contributed by atoms with Gasteiger partial charge in [0.15, 0.2) is 101 Å². The number of carbonyl (C=O) groups is 9. The zero-order valence-electron chi connectivity index (χ0n) is 65.0. The van der Waals surface area contributed by atoms with Gasteiger partial charge in [-0.15, -0.1) is 0 Å². The molecule has 18 atom stereocenters. The molecule has 9 amide bonds. The van der Waals surface area contributed by atoms with Gasteiger partial charge in [0, 0.05) is 88.4 Å². The summed E-state index contributed by atoms with van der Waals surface area (Å²) in [5.41, 5.74) is 4.66. The number of hydrogen-bond acceptors (Lipinski definition) is 27. The number of benzene rings is 3. The molecule has 3 aromatic carbocycles. The van der Waals surface area contributed by atoms with Crippen LogP contribution < -0.4 is 31.9 Å². The molecule has 630 valence electrons. The Morgan fingerprint density at radius 1 is 0.392 bits per heavy atom. The van der Waals surface area contributed by atoms with Crippen molar-refractivity contribution < 1.29 is 101 Å². The van der Waals surface area contributed by atoms with Crippen molar-refractivity contribution in [2.24, 2.45) is 17.8 Å². The average molecular weight is 1650 g/mol. The minimum atomic E-state index is -0.987. The zero-order chi connectivity index (χ0) is 83.4. The first-order valence-electron chi connectivity index (χ1n) is 39.5. The lowest BCUT2D eigenvalue weighted by atomic mass is 10.1. The minimum absolute atomic E-state index is 0.000480. The van der Waals surface area contributed by atoms with Crippen LogP contribution in [0.5, 0.6) is 0 Å². The van der Waals surface area contributed by atoms with Gasteiger partial charge in [-0.25, -0.2) is 59.2 Å². The van der Waals surface area contributed by atoms with Crippen molar-refractivity contribution in [3.05, 3.63) is 146 Å². The quantitative estimate of drug-likeness (QED) is 0.0456. The van der Waals surface area contributed by atoms with E-state index in [0.29, 0.717) is 105 Å². The van der Waals surface area contributed by atoms with Gasteiger partial charge in [0.1, 0.15) is 55.6 Å². The lowest BCUT2D eigenvalue weighted by Crippen LogP contribution is -2.44. The number of nitrogens with zero attached hydrogens (tertiary/aromatic N) is 15. The van der Waals surface area contributed by atoms with Gasteiger partial charge in [0.05, 0.1) is 37.4 Å². The Morgan fingerprint density at radius 3 is 1.10 bits per heavy atom. The summed E-state index contributed by atoms with van der Waals surface area (Å²) in [5, 5.41) is 43.7. The Bertz CT molecular complexity index is 5050. The number of urea groups is 3. The molecule has 9 fully saturated rings. The van der Waals surface area contributed by atoms with E-state index in [4.69, 9.17) is 42.6 Å². The number of carbonyl (C=O) groups excluding carboxylic acids is 6. The van der Waals surface area contributed by atoms with E-state index < -0.39 is 134 Å². The molecule has 120 heavy (non-hydrogen) atoms. The standard InChI is InChI=1S/3C26H29N7O7/c2*1-2-27-26(37)31-21-17-22(29-12-28-21)33(13-30-17)24-20-18(39-25(40-20)15-6-4-3-5-7-15)19(38-24)23(36)32-9-8-14(11-32)10-16(34)35;1-2-27-26(37)31-21-18-22(29-12-28-21)33(13-30-18)23-20-19(39-25(40-20)14-6-4-3-5-7-14)16(38-23)10-17(34)32-9-8-15(11-32)24(35)36/h2*3-7,12-14,18-20,24-25H,2,8-11H2,1H3,(H,34,35)(H2,27,28,29,31,37);3-7,12-13,15-16,19-20,23,25H,2,8-11H2,1H3,(H,35,36)(H2,27,28,29,31,37)/t14-,18?,19?,20?,24?,25+;14-,18?,19?,20?,24?,25-;15-,16?,19?,20?,23?,25-/m100/s1. The fourth-order valence-corrected chi connectivity index (χ4v) is 16.4. The number of aliphatic carboxylic acids is 3. The summed E-state index contributed by atoms with van der Waals surface area (Å²) in [7, 11) is 0. The van der Waals surface area contributed by atoms with Crippen LogP contribution in [0.3, 0.4) is 0 Å². The Kier molecular flexibility index (Phi) is 24.2. The van der Waals surface area contributed by atoms with Crippen LogP contribution in [0.25, 0.3) is 33.5 Å². The van der Waals surface area contributed by atoms with E-state index in [1.807, 2.05) is 91.0 Å². The van der Waals surface area contributed by atoms with Crippen LogP contribution in [0.2, 0.25) is 0 Å². The molecule has 15 heterocycles. The van der Waals surface area contributed by atoms with E-state index in [2.05, 4.69) is 76.8 Å². The second-order valence-corrected chi connectivity index (χ2v) is 29.8. The van der Waals surface area contributed by atoms with Crippen molar-refractivity contribution in [1.29, 1.82) is 0 Å². The summed E-state index contributed by atoms with van der Waals surface area (Å²) in [4.78, 5) is 154. The van der Waals surface area contributed by atoms with Crippen molar-refractivity contribution in [2.45, 2.75) is 152 Å². The highest BCUT2D eigenvalue weighted by Crippen LogP contribution is 2.50. The normalized spacial score (nSPS) is 27.6. The second-order valence-electron chi connectivity index (χ2n) is 29.8. The molecule has 9 N–H and O–H groups in total. The maximum absolute atomic E-state index is 13.7. The van der Waals surface area contributed by atoms with Gasteiger partial charge in [0.25, 0.3) is 11.8 Å². The lowest BCUT2D eigenvalue weighted by Gasteiger charge is -2.24. The first-order valence-corrected chi connectivity index (χ1v) is 39.5. The third kappa shape index (κ3) is 17.0. The van der Waals surface area contributed by atoms with Gasteiger partial charge in [-0.1, -0.05) is 91.0 Å². The van der Waals surface area contributed by atoms with Crippen molar-refractivity contribution in [3.63, 3.8) is 0 Å². The van der Waals surface area contributed by atoms with E-state index in [9.17, 15) is 58.5 Å². The van der Waals surface area contributed by atoms with Crippen molar-refractivity contribution in [1.82, 2.24) is 89.2 Å². The number of carboxylic acid groups (broad SMARTS) is 3. The Labute approximate surface area is 682 Å². The Hall–Kier alpha value is -12.4. The predicted octanol–water partition coefficient (Wildman–Crippen LogP) is 5.01. The smallest absolute Gasteiger partial charge is 0.320 e. The lowest BCUT2D eigenvalue weighted by molar-refractivity contribution is -0.168. The molecule has 42 nitrogen and oxygen atoms in total. The number of anilines is 3. The van der Waals surface area contributed by atoms with Gasteiger partial charge in [-0.05, 0) is 51.9 Å². The van der Waals surface area contributed by atoms with E-state index >= 15 is 0 Å². The van der Waals surface area contributed by atoms with Crippen LogP contribution in [0.15, 0.2) is 129 Å². The Balaban J connectivity index is 0.000000134. The molecule has 42 heteroatoms. The molecule has 9 saturated heterocycles. The van der Waals surface area contributed by atoms with Crippen LogP contribution >= 0.6 is 0 Å². The molecule has 0 saturated carbocycles. The number of nitrogens with one attached hydrogen (secondary N) is 6. The van der Waals surface area contributed by atoms with Crippen molar-refractivity contribution >= 4 is 105 Å². The third-order valence-corrected chi connectivity index (χ3v) is 22.0. The number of rotatable bonds is 21. The summed E-state index contributed by atoms with van der Waals surface area (Å²) in [5.74, 6) is -3.53. The minimum Gasteiger partial charge on any atom is -0.481 e. The number of ether oxygens (including phenoxy) is 9. The number of aromatic nitrogens is 12. The molecule has 9 aliphatic heterocycles. The average Bonchev–Trinajstić information content (AvgIpc) is 1.60. The summed E-state index contributed by atoms with van der Waals surface area (Å²) in [6.45, 7) is 8.86. The molecule has 9 aromatic rings. The molecular weight excluding hydrogens is 1570 g/mol. The molecule has 18 rings (SSSR count). The van der Waals surface area contributed by atoms with Gasteiger partial charge in [-0.3, -0.25) is 58.4 Å². The van der Waals surface area contributed by atoms with Crippen molar-refractivity contribution in [2.75, 3.05) is 74.9 Å². The number of amides is 9.